The minimum Gasteiger partial charge on any atom is -0.469 e. The highest BCUT2D eigenvalue weighted by Gasteiger charge is 2.37. The van der Waals surface area contributed by atoms with E-state index >= 15 is 0 Å². The summed E-state index contributed by atoms with van der Waals surface area (Å²) in [5.41, 5.74) is -4.18. The van der Waals surface area contributed by atoms with Gasteiger partial charge in [0.2, 0.25) is 0 Å². The van der Waals surface area contributed by atoms with Crippen molar-refractivity contribution in [2.75, 3.05) is 7.11 Å². The van der Waals surface area contributed by atoms with Gasteiger partial charge in [-0.05, 0) is 6.07 Å². The number of hydrogen-bond acceptors (Lipinski definition) is 3. The number of hydrogen-bond donors (Lipinski definition) is 0. The molecule has 0 atom stereocenters. The van der Waals surface area contributed by atoms with E-state index in [9.17, 15) is 31.1 Å². The van der Waals surface area contributed by atoms with Gasteiger partial charge in [0.15, 0.2) is 5.82 Å². The smallest absolute Gasteiger partial charge is 0.419 e. The number of carbonyl (C=O) groups is 1. The molecule has 19 heavy (non-hydrogen) atoms. The first kappa shape index (κ1) is 15.3. The molecular formula is C10H7F6NO2. The van der Waals surface area contributed by atoms with Crippen molar-refractivity contribution in [3.05, 3.63) is 28.8 Å². The van der Waals surface area contributed by atoms with Crippen LogP contribution in [0.1, 0.15) is 23.4 Å². The van der Waals surface area contributed by atoms with Crippen LogP contribution in [0.25, 0.3) is 0 Å². The van der Waals surface area contributed by atoms with Crippen LogP contribution < -0.4 is 0 Å². The number of ether oxygens (including phenoxy) is 1. The van der Waals surface area contributed by atoms with E-state index in [1.54, 1.807) is 0 Å². The first-order chi connectivity index (χ1) is 8.66. The fourth-order valence-electron chi connectivity index (χ4n) is 1.25. The number of aromatic nitrogens is 1. The summed E-state index contributed by atoms with van der Waals surface area (Å²) in [4.78, 5) is 13.9. The zero-order valence-corrected chi connectivity index (χ0v) is 9.39. The van der Waals surface area contributed by atoms with Crippen molar-refractivity contribution in [2.24, 2.45) is 0 Å². The molecule has 0 unspecified atom stereocenters. The lowest BCUT2D eigenvalue weighted by molar-refractivity contribution is -0.142. The van der Waals surface area contributed by atoms with Crippen molar-refractivity contribution in [1.82, 2.24) is 4.98 Å². The zero-order valence-electron chi connectivity index (χ0n) is 9.39. The molecule has 1 rings (SSSR count). The summed E-state index contributed by atoms with van der Waals surface area (Å²) in [5, 5.41) is 0. The van der Waals surface area contributed by atoms with Crippen LogP contribution in [-0.2, 0) is 22.1 Å². The molecular weight excluding hydrogens is 280 g/mol. The van der Waals surface area contributed by atoms with Crippen molar-refractivity contribution < 1.29 is 35.9 Å². The van der Waals surface area contributed by atoms with Gasteiger partial charge in [-0.3, -0.25) is 4.79 Å². The van der Waals surface area contributed by atoms with E-state index in [1.165, 1.54) is 0 Å². The molecule has 1 aromatic heterocycles. The lowest BCUT2D eigenvalue weighted by Crippen LogP contribution is -2.16. The van der Waals surface area contributed by atoms with Crippen LogP contribution >= 0.6 is 0 Å². The molecule has 0 saturated carbocycles. The standard InChI is InChI=1S/C10H7F6NO2/c1-19-7(18)3-5-8(11)4(10(14,15)16)2-6(17-5)9(12)13/h2,9H,3H2,1H3. The molecule has 0 radical (unpaired) electrons. The third-order valence-electron chi connectivity index (χ3n) is 2.11. The van der Waals surface area contributed by atoms with Gasteiger partial charge >= 0.3 is 12.1 Å². The Morgan fingerprint density at radius 3 is 2.42 bits per heavy atom. The molecule has 0 aliphatic carbocycles. The van der Waals surface area contributed by atoms with Crippen molar-refractivity contribution in [3.8, 4) is 0 Å². The van der Waals surface area contributed by atoms with Crippen LogP contribution in [0.3, 0.4) is 0 Å². The molecule has 0 saturated heterocycles. The third-order valence-corrected chi connectivity index (χ3v) is 2.11. The van der Waals surface area contributed by atoms with Gasteiger partial charge in [-0.2, -0.15) is 13.2 Å². The maximum absolute atomic E-state index is 13.5. The van der Waals surface area contributed by atoms with E-state index in [4.69, 9.17) is 0 Å². The molecule has 0 spiro atoms. The minimum absolute atomic E-state index is 0.0826. The highest BCUT2D eigenvalue weighted by atomic mass is 19.4. The molecule has 9 heteroatoms. The van der Waals surface area contributed by atoms with Crippen molar-refractivity contribution in [2.45, 2.75) is 19.0 Å². The lowest BCUT2D eigenvalue weighted by atomic mass is 10.1. The molecule has 0 N–H and O–H groups in total. The maximum Gasteiger partial charge on any atom is 0.419 e. The summed E-state index contributed by atoms with van der Waals surface area (Å²) >= 11 is 0. The van der Waals surface area contributed by atoms with Crippen LogP contribution in [0.15, 0.2) is 6.07 Å². The molecule has 0 bridgehead atoms. The van der Waals surface area contributed by atoms with E-state index < -0.39 is 47.8 Å². The quantitative estimate of drug-likeness (QED) is 0.634. The molecule has 106 valence electrons. The number of nitrogens with zero attached hydrogens (tertiary/aromatic N) is 1. The monoisotopic (exact) mass is 287 g/mol. The number of rotatable bonds is 3. The van der Waals surface area contributed by atoms with Gasteiger partial charge in [-0.25, -0.2) is 18.2 Å². The Morgan fingerprint density at radius 1 is 1.42 bits per heavy atom. The van der Waals surface area contributed by atoms with Crippen LogP contribution in [0.5, 0.6) is 0 Å². The Hall–Kier alpha value is -1.80. The second-order valence-electron chi connectivity index (χ2n) is 3.41. The molecule has 0 amide bonds. The van der Waals surface area contributed by atoms with Gasteiger partial charge in [0.05, 0.1) is 24.8 Å². The summed E-state index contributed by atoms with van der Waals surface area (Å²) in [5.74, 6) is -2.95. The van der Waals surface area contributed by atoms with Gasteiger partial charge in [-0.1, -0.05) is 0 Å². The summed E-state index contributed by atoms with van der Waals surface area (Å²) in [6, 6.07) is -0.0826. The number of pyridine rings is 1. The van der Waals surface area contributed by atoms with Crippen LogP contribution in [0, 0.1) is 5.82 Å². The summed E-state index contributed by atoms with van der Waals surface area (Å²) < 4.78 is 79.8. The molecule has 1 aromatic rings. The Morgan fingerprint density at radius 2 is 2.00 bits per heavy atom. The van der Waals surface area contributed by atoms with E-state index in [1.807, 2.05) is 0 Å². The Bertz CT molecular complexity index is 486. The van der Waals surface area contributed by atoms with Gasteiger partial charge in [-0.15, -0.1) is 0 Å². The lowest BCUT2D eigenvalue weighted by Gasteiger charge is -2.12. The normalized spacial score (nSPS) is 11.8. The largest absolute Gasteiger partial charge is 0.469 e. The van der Waals surface area contributed by atoms with Crippen molar-refractivity contribution >= 4 is 5.97 Å². The second-order valence-corrected chi connectivity index (χ2v) is 3.41. The first-order valence-corrected chi connectivity index (χ1v) is 4.78. The van der Waals surface area contributed by atoms with Crippen molar-refractivity contribution in [1.29, 1.82) is 0 Å². The Labute approximate surface area is 103 Å². The van der Waals surface area contributed by atoms with Crippen LogP contribution in [0.2, 0.25) is 0 Å². The topological polar surface area (TPSA) is 39.2 Å². The number of alkyl halides is 5. The van der Waals surface area contributed by atoms with E-state index in [-0.39, 0.29) is 6.07 Å². The predicted octanol–water partition coefficient (Wildman–Crippen LogP) is 2.89. The third kappa shape index (κ3) is 3.58. The predicted molar refractivity (Wildman–Crippen MR) is 49.9 cm³/mol. The fraction of sp³-hybridized carbons (Fsp3) is 0.400. The molecule has 0 fully saturated rings. The highest BCUT2D eigenvalue weighted by molar-refractivity contribution is 5.72. The maximum atomic E-state index is 13.5. The Kier molecular flexibility index (Phi) is 4.38. The van der Waals surface area contributed by atoms with Crippen molar-refractivity contribution in [3.63, 3.8) is 0 Å². The number of esters is 1. The van der Waals surface area contributed by atoms with Crippen LogP contribution in [-0.4, -0.2) is 18.1 Å². The molecule has 1 heterocycles. The Balaban J connectivity index is 3.37. The number of halogens is 6. The summed E-state index contributed by atoms with van der Waals surface area (Å²) in [7, 11) is 0.919. The van der Waals surface area contributed by atoms with E-state index in [0.29, 0.717) is 0 Å². The van der Waals surface area contributed by atoms with Gasteiger partial charge < -0.3 is 4.74 Å². The van der Waals surface area contributed by atoms with Crippen LogP contribution in [0.4, 0.5) is 26.3 Å². The molecule has 0 aliphatic rings. The number of carbonyl (C=O) groups excluding carboxylic acids is 1. The average Bonchev–Trinajstić information content (AvgIpc) is 2.29. The zero-order chi connectivity index (χ0) is 14.8. The highest BCUT2D eigenvalue weighted by Crippen LogP contribution is 2.34. The molecule has 3 nitrogen and oxygen atoms in total. The second kappa shape index (κ2) is 5.45. The van der Waals surface area contributed by atoms with E-state index in [0.717, 1.165) is 7.11 Å². The first-order valence-electron chi connectivity index (χ1n) is 4.78. The van der Waals surface area contributed by atoms with Gasteiger partial charge in [0.25, 0.3) is 6.43 Å². The summed E-state index contributed by atoms with van der Waals surface area (Å²) in [6.45, 7) is 0. The SMILES string of the molecule is COC(=O)Cc1nc(C(F)F)cc(C(F)(F)F)c1F. The fourth-order valence-corrected chi connectivity index (χ4v) is 1.25. The molecule has 0 aromatic carbocycles. The number of methoxy groups -OCH3 is 1. The van der Waals surface area contributed by atoms with E-state index in [2.05, 4.69) is 9.72 Å². The summed E-state index contributed by atoms with van der Waals surface area (Å²) in [6.07, 6.45) is -9.45. The molecule has 0 aliphatic heterocycles. The van der Waals surface area contributed by atoms with Gasteiger partial charge in [0.1, 0.15) is 5.69 Å². The van der Waals surface area contributed by atoms with Gasteiger partial charge in [0, 0.05) is 0 Å². The minimum atomic E-state index is -5.17. The average molecular weight is 287 g/mol.